The first-order chi connectivity index (χ1) is 17.0. The fourth-order valence-corrected chi connectivity index (χ4v) is 3.89. The van der Waals surface area contributed by atoms with Gasteiger partial charge in [-0.3, -0.25) is 9.36 Å². The maximum atomic E-state index is 12.4. The van der Waals surface area contributed by atoms with E-state index in [1.807, 2.05) is 59.2 Å². The van der Waals surface area contributed by atoms with E-state index in [2.05, 4.69) is 20.7 Å². The van der Waals surface area contributed by atoms with Crippen LogP contribution in [0.2, 0.25) is 0 Å². The summed E-state index contributed by atoms with van der Waals surface area (Å²) in [7, 11) is 1.61. The second kappa shape index (κ2) is 11.1. The number of rotatable bonds is 9. The molecule has 1 heterocycles. The molecule has 3 aromatic carbocycles. The molecule has 0 saturated heterocycles. The van der Waals surface area contributed by atoms with E-state index in [0.29, 0.717) is 16.5 Å². The van der Waals surface area contributed by atoms with Gasteiger partial charge in [0.2, 0.25) is 0 Å². The van der Waals surface area contributed by atoms with Gasteiger partial charge in [-0.25, -0.2) is 5.43 Å². The van der Waals surface area contributed by atoms with Gasteiger partial charge in [0.25, 0.3) is 5.91 Å². The molecular weight excluding hydrogens is 466 g/mol. The number of nitrogens with zero attached hydrogens (tertiary/aromatic N) is 4. The molecule has 1 aromatic heterocycles. The lowest BCUT2D eigenvalue weighted by Gasteiger charge is -2.11. The first kappa shape index (κ1) is 23.7. The second-order valence-electron chi connectivity index (χ2n) is 7.20. The quantitative estimate of drug-likeness (QED) is 0.219. The SMILES string of the molecule is COc1ccc(-n2c(SCC(=O)N/N=C\c3ccc(C(=O)[O-])cc3)nnc2-c2ccccc2)cc1. The number of ether oxygens (including phenoxy) is 1. The third kappa shape index (κ3) is 5.92. The highest BCUT2D eigenvalue weighted by molar-refractivity contribution is 7.99. The highest BCUT2D eigenvalue weighted by atomic mass is 32.2. The molecule has 176 valence electrons. The first-order valence-corrected chi connectivity index (χ1v) is 11.4. The van der Waals surface area contributed by atoms with E-state index in [1.54, 1.807) is 19.2 Å². The number of aromatic carboxylic acids is 1. The highest BCUT2D eigenvalue weighted by Crippen LogP contribution is 2.28. The Labute approximate surface area is 205 Å². The maximum absolute atomic E-state index is 12.4. The summed E-state index contributed by atoms with van der Waals surface area (Å²) in [6.45, 7) is 0. The van der Waals surface area contributed by atoms with E-state index in [0.717, 1.165) is 17.0 Å². The van der Waals surface area contributed by atoms with Gasteiger partial charge in [-0.05, 0) is 35.4 Å². The topological polar surface area (TPSA) is 122 Å². The van der Waals surface area contributed by atoms with Gasteiger partial charge in [-0.1, -0.05) is 66.4 Å². The molecule has 0 aliphatic carbocycles. The summed E-state index contributed by atoms with van der Waals surface area (Å²) in [5.74, 6) is -0.148. The molecule has 35 heavy (non-hydrogen) atoms. The number of hydrogen-bond acceptors (Lipinski definition) is 8. The van der Waals surface area contributed by atoms with Crippen molar-refractivity contribution in [1.82, 2.24) is 20.2 Å². The van der Waals surface area contributed by atoms with Crippen molar-refractivity contribution >= 4 is 29.9 Å². The lowest BCUT2D eigenvalue weighted by molar-refractivity contribution is -0.255. The molecule has 0 atom stereocenters. The summed E-state index contributed by atoms with van der Waals surface area (Å²) in [6, 6.07) is 23.1. The summed E-state index contributed by atoms with van der Waals surface area (Å²) in [4.78, 5) is 23.2. The fraction of sp³-hybridized carbons (Fsp3) is 0.0800. The van der Waals surface area contributed by atoms with Crippen LogP contribution in [0.1, 0.15) is 15.9 Å². The van der Waals surface area contributed by atoms with Crippen molar-refractivity contribution < 1.29 is 19.4 Å². The van der Waals surface area contributed by atoms with Crippen LogP contribution in [0.25, 0.3) is 17.1 Å². The summed E-state index contributed by atoms with van der Waals surface area (Å²) in [6.07, 6.45) is 1.43. The molecule has 0 saturated carbocycles. The number of amides is 1. The van der Waals surface area contributed by atoms with Crippen molar-refractivity contribution in [3.05, 3.63) is 90.0 Å². The zero-order chi connectivity index (χ0) is 24.6. The van der Waals surface area contributed by atoms with E-state index >= 15 is 0 Å². The molecule has 0 aliphatic heterocycles. The van der Waals surface area contributed by atoms with Crippen molar-refractivity contribution in [1.29, 1.82) is 0 Å². The molecule has 1 amide bonds. The minimum absolute atomic E-state index is 0.0596. The van der Waals surface area contributed by atoms with E-state index in [-0.39, 0.29) is 17.2 Å². The van der Waals surface area contributed by atoms with Crippen LogP contribution in [0.3, 0.4) is 0 Å². The van der Waals surface area contributed by atoms with Gasteiger partial charge in [0.1, 0.15) is 5.75 Å². The van der Waals surface area contributed by atoms with Crippen LogP contribution in [0, 0.1) is 0 Å². The summed E-state index contributed by atoms with van der Waals surface area (Å²) in [5.41, 5.74) is 4.88. The number of hydrogen-bond donors (Lipinski definition) is 1. The third-order valence-electron chi connectivity index (χ3n) is 4.88. The fourth-order valence-electron chi connectivity index (χ4n) is 3.15. The summed E-state index contributed by atoms with van der Waals surface area (Å²) >= 11 is 1.23. The molecule has 0 unspecified atom stereocenters. The average Bonchev–Trinajstić information content (AvgIpc) is 3.32. The first-order valence-electron chi connectivity index (χ1n) is 10.5. The lowest BCUT2D eigenvalue weighted by atomic mass is 10.1. The number of carbonyl (C=O) groups is 2. The Morgan fingerprint density at radius 3 is 2.40 bits per heavy atom. The van der Waals surface area contributed by atoms with Crippen LogP contribution in [0.4, 0.5) is 0 Å². The molecule has 1 N–H and O–H groups in total. The number of hydrazone groups is 1. The number of carboxylic acid groups (broad SMARTS) is 1. The van der Waals surface area contributed by atoms with Crippen LogP contribution in [0.15, 0.2) is 89.1 Å². The molecule has 0 spiro atoms. The lowest BCUT2D eigenvalue weighted by Crippen LogP contribution is -2.22. The Kier molecular flexibility index (Phi) is 7.53. The van der Waals surface area contributed by atoms with E-state index in [4.69, 9.17) is 4.74 Å². The average molecular weight is 487 g/mol. The number of thioether (sulfide) groups is 1. The Bertz CT molecular complexity index is 1340. The maximum Gasteiger partial charge on any atom is 0.250 e. The zero-order valence-corrected chi connectivity index (χ0v) is 19.4. The zero-order valence-electron chi connectivity index (χ0n) is 18.6. The molecule has 4 aromatic rings. The monoisotopic (exact) mass is 486 g/mol. The molecule has 0 aliphatic rings. The van der Waals surface area contributed by atoms with Gasteiger partial charge >= 0.3 is 0 Å². The summed E-state index contributed by atoms with van der Waals surface area (Å²) in [5, 5.41) is 23.9. The molecule has 0 fully saturated rings. The largest absolute Gasteiger partial charge is 0.545 e. The predicted octanol–water partition coefficient (Wildman–Crippen LogP) is 2.55. The highest BCUT2D eigenvalue weighted by Gasteiger charge is 2.17. The van der Waals surface area contributed by atoms with Crippen molar-refractivity contribution in [2.75, 3.05) is 12.9 Å². The minimum atomic E-state index is -1.25. The number of aromatic nitrogens is 3. The molecule has 0 radical (unpaired) electrons. The molecule has 9 nitrogen and oxygen atoms in total. The molecule has 0 bridgehead atoms. The number of carbonyl (C=O) groups excluding carboxylic acids is 2. The number of nitrogens with one attached hydrogen (secondary N) is 1. The van der Waals surface area contributed by atoms with Crippen molar-refractivity contribution in [3.63, 3.8) is 0 Å². The van der Waals surface area contributed by atoms with E-state index in [1.165, 1.54) is 30.1 Å². The third-order valence-corrected chi connectivity index (χ3v) is 5.81. The van der Waals surface area contributed by atoms with Crippen LogP contribution in [-0.4, -0.2) is 45.7 Å². The van der Waals surface area contributed by atoms with E-state index in [9.17, 15) is 14.7 Å². The van der Waals surface area contributed by atoms with Crippen LogP contribution in [0.5, 0.6) is 5.75 Å². The normalized spacial score (nSPS) is 10.9. The van der Waals surface area contributed by atoms with Crippen LogP contribution in [-0.2, 0) is 4.79 Å². The molecule has 4 rings (SSSR count). The van der Waals surface area contributed by atoms with Gasteiger partial charge in [0.05, 0.1) is 25.0 Å². The molecular formula is C25H20N5O4S-. The van der Waals surface area contributed by atoms with Gasteiger partial charge in [0, 0.05) is 11.3 Å². The summed E-state index contributed by atoms with van der Waals surface area (Å²) < 4.78 is 7.14. The minimum Gasteiger partial charge on any atom is -0.545 e. The number of carboxylic acids is 1. The van der Waals surface area contributed by atoms with E-state index < -0.39 is 5.97 Å². The predicted molar refractivity (Wildman–Crippen MR) is 131 cm³/mol. The standard InChI is InChI=1S/C25H21N5O4S/c1-34-21-13-11-20(12-14-21)30-23(18-5-3-2-4-6-18)28-29-25(30)35-16-22(31)27-26-15-17-7-9-19(10-8-17)24(32)33/h2-15H,16H2,1H3,(H,27,31)(H,32,33)/p-1/b26-15-. The van der Waals surface area contributed by atoms with Crippen molar-refractivity contribution in [2.45, 2.75) is 5.16 Å². The Morgan fingerprint density at radius 1 is 1.03 bits per heavy atom. The van der Waals surface area contributed by atoms with Crippen LogP contribution < -0.4 is 15.3 Å². The van der Waals surface area contributed by atoms with Crippen LogP contribution >= 0.6 is 11.8 Å². The Morgan fingerprint density at radius 2 is 1.74 bits per heavy atom. The Hall–Kier alpha value is -4.44. The Balaban J connectivity index is 1.47. The van der Waals surface area contributed by atoms with Gasteiger partial charge in [-0.2, -0.15) is 5.10 Å². The number of methoxy groups -OCH3 is 1. The second-order valence-corrected chi connectivity index (χ2v) is 8.14. The smallest absolute Gasteiger partial charge is 0.250 e. The van der Waals surface area contributed by atoms with Gasteiger partial charge < -0.3 is 14.6 Å². The number of benzene rings is 3. The van der Waals surface area contributed by atoms with Gasteiger partial charge in [-0.15, -0.1) is 10.2 Å². The van der Waals surface area contributed by atoms with Crippen molar-refractivity contribution in [2.24, 2.45) is 5.10 Å². The van der Waals surface area contributed by atoms with Crippen molar-refractivity contribution in [3.8, 4) is 22.8 Å². The van der Waals surface area contributed by atoms with Gasteiger partial charge in [0.15, 0.2) is 11.0 Å². The molecule has 10 heteroatoms.